The van der Waals surface area contributed by atoms with Gasteiger partial charge in [-0.1, -0.05) is 6.42 Å². The van der Waals surface area contributed by atoms with Crippen molar-refractivity contribution in [1.82, 2.24) is 9.21 Å². The summed E-state index contributed by atoms with van der Waals surface area (Å²) >= 11 is 0. The summed E-state index contributed by atoms with van der Waals surface area (Å²) in [5.41, 5.74) is 0.879. The second kappa shape index (κ2) is 9.43. The second-order valence-corrected chi connectivity index (χ2v) is 13.4. The molecule has 0 spiro atoms. The zero-order chi connectivity index (χ0) is 23.9. The Morgan fingerprint density at radius 3 is 2.29 bits per heavy atom. The molecular formula is C26H39N3O4S. The Balaban J connectivity index is 1.23. The van der Waals surface area contributed by atoms with E-state index < -0.39 is 10.0 Å². The van der Waals surface area contributed by atoms with E-state index in [1.54, 1.807) is 18.2 Å². The lowest BCUT2D eigenvalue weighted by molar-refractivity contribution is -0.118. The van der Waals surface area contributed by atoms with Gasteiger partial charge in [0, 0.05) is 25.3 Å². The predicted molar refractivity (Wildman–Crippen MR) is 132 cm³/mol. The Morgan fingerprint density at radius 1 is 1.09 bits per heavy atom. The number of hydrogen-bond acceptors (Lipinski definition) is 5. The molecule has 1 aromatic rings. The molecule has 1 amide bonds. The van der Waals surface area contributed by atoms with Crippen molar-refractivity contribution in [2.45, 2.75) is 62.7 Å². The molecule has 5 fully saturated rings. The van der Waals surface area contributed by atoms with E-state index in [0.717, 1.165) is 43.6 Å². The van der Waals surface area contributed by atoms with Gasteiger partial charge in [0.15, 0.2) is 0 Å². The number of rotatable bonds is 8. The van der Waals surface area contributed by atoms with E-state index >= 15 is 0 Å². The second-order valence-electron chi connectivity index (χ2n) is 11.5. The summed E-state index contributed by atoms with van der Waals surface area (Å²) in [5.74, 6) is 2.88. The summed E-state index contributed by atoms with van der Waals surface area (Å²) in [7, 11) is -0.156. The highest BCUT2D eigenvalue weighted by molar-refractivity contribution is 7.89. The topological polar surface area (TPSA) is 79.0 Å². The van der Waals surface area contributed by atoms with Crippen LogP contribution in [0.5, 0.6) is 5.75 Å². The molecule has 1 saturated heterocycles. The Bertz CT molecular complexity index is 984. The number of carbonyl (C=O) groups is 1. The zero-order valence-electron chi connectivity index (χ0n) is 20.6. The van der Waals surface area contributed by atoms with Gasteiger partial charge in [0.2, 0.25) is 15.9 Å². The third-order valence-corrected chi connectivity index (χ3v) is 10.5. The number of hydrogen-bond donors (Lipinski definition) is 1. The van der Waals surface area contributed by atoms with Crippen LogP contribution >= 0.6 is 0 Å². The minimum absolute atomic E-state index is 0.112. The lowest BCUT2D eigenvalue weighted by Gasteiger charge is -2.57. The van der Waals surface area contributed by atoms with E-state index in [2.05, 4.69) is 10.2 Å². The fraction of sp³-hybridized carbons (Fsp3) is 0.731. The molecule has 0 unspecified atom stereocenters. The van der Waals surface area contributed by atoms with Gasteiger partial charge in [-0.2, -0.15) is 4.31 Å². The van der Waals surface area contributed by atoms with Gasteiger partial charge in [0.25, 0.3) is 0 Å². The summed E-state index contributed by atoms with van der Waals surface area (Å²) < 4.78 is 33.4. The molecular weight excluding hydrogens is 450 g/mol. The first-order valence-electron chi connectivity index (χ1n) is 12.9. The van der Waals surface area contributed by atoms with Crippen LogP contribution in [0.2, 0.25) is 0 Å². The highest BCUT2D eigenvalue weighted by Gasteiger charge is 2.51. The van der Waals surface area contributed by atoms with Crippen molar-refractivity contribution in [3.8, 4) is 5.75 Å². The van der Waals surface area contributed by atoms with Crippen LogP contribution in [0.25, 0.3) is 0 Å². The van der Waals surface area contributed by atoms with Gasteiger partial charge in [-0.15, -0.1) is 0 Å². The van der Waals surface area contributed by atoms with E-state index in [4.69, 9.17) is 4.74 Å². The molecule has 4 bridgehead atoms. The van der Waals surface area contributed by atoms with Gasteiger partial charge < -0.3 is 10.1 Å². The number of piperidine rings is 1. The van der Waals surface area contributed by atoms with Crippen molar-refractivity contribution in [2.75, 3.05) is 45.7 Å². The average molecular weight is 490 g/mol. The Morgan fingerprint density at radius 2 is 1.71 bits per heavy atom. The number of carbonyl (C=O) groups excluding carboxylic acids is 1. The number of ether oxygens (including phenoxy) is 1. The molecule has 1 aliphatic heterocycles. The Hall–Kier alpha value is -1.64. The molecule has 4 saturated carbocycles. The van der Waals surface area contributed by atoms with E-state index in [9.17, 15) is 13.2 Å². The van der Waals surface area contributed by atoms with Crippen LogP contribution in [0.1, 0.15) is 57.8 Å². The molecule has 188 valence electrons. The minimum atomic E-state index is -3.67. The summed E-state index contributed by atoms with van der Waals surface area (Å²) in [6, 6.07) is 4.89. The number of nitrogens with zero attached hydrogens (tertiary/aromatic N) is 2. The molecule has 0 aromatic heterocycles. The third-order valence-electron chi connectivity index (χ3n) is 8.56. The number of benzene rings is 1. The largest absolute Gasteiger partial charge is 0.495 e. The molecule has 34 heavy (non-hydrogen) atoms. The lowest BCUT2D eigenvalue weighted by atomic mass is 9.49. The quantitative estimate of drug-likeness (QED) is 0.598. The molecule has 1 aromatic carbocycles. The highest BCUT2D eigenvalue weighted by atomic mass is 32.2. The Labute approximate surface area is 204 Å². The fourth-order valence-electron chi connectivity index (χ4n) is 7.76. The maximum atomic E-state index is 13.3. The number of likely N-dealkylation sites (N-methyl/N-ethyl adjacent to an activating group) is 1. The number of amides is 1. The zero-order valence-corrected chi connectivity index (χ0v) is 21.4. The monoisotopic (exact) mass is 489 g/mol. The van der Waals surface area contributed by atoms with Gasteiger partial charge in [0.05, 0.1) is 13.7 Å². The lowest BCUT2D eigenvalue weighted by Crippen LogP contribution is -2.51. The van der Waals surface area contributed by atoms with Crippen molar-refractivity contribution in [1.29, 1.82) is 0 Å². The van der Waals surface area contributed by atoms with Crippen LogP contribution in [0.4, 0.5) is 5.69 Å². The van der Waals surface area contributed by atoms with E-state index in [-0.39, 0.29) is 10.8 Å². The average Bonchev–Trinajstić information content (AvgIpc) is 2.78. The normalized spacial score (nSPS) is 31.1. The SMILES string of the molecule is COc1ccc(NC(=O)CN(C)CC23CC4CC(CC(C4)C2)C3)cc1S(=O)(=O)N1CCCCC1. The van der Waals surface area contributed by atoms with Gasteiger partial charge in [-0.25, -0.2) is 8.42 Å². The van der Waals surface area contributed by atoms with Crippen LogP contribution in [-0.4, -0.2) is 63.9 Å². The number of sulfonamides is 1. The maximum absolute atomic E-state index is 13.3. The molecule has 1 heterocycles. The van der Waals surface area contributed by atoms with Crippen LogP contribution in [0.3, 0.4) is 0 Å². The number of anilines is 1. The van der Waals surface area contributed by atoms with Gasteiger partial charge in [-0.3, -0.25) is 9.69 Å². The van der Waals surface area contributed by atoms with Crippen LogP contribution < -0.4 is 10.1 Å². The first-order valence-corrected chi connectivity index (χ1v) is 14.4. The van der Waals surface area contributed by atoms with Crippen molar-refractivity contribution >= 4 is 21.6 Å². The molecule has 7 nitrogen and oxygen atoms in total. The predicted octanol–water partition coefficient (Wildman–Crippen LogP) is 3.96. The van der Waals surface area contributed by atoms with Crippen molar-refractivity contribution in [2.24, 2.45) is 23.2 Å². The molecule has 6 rings (SSSR count). The van der Waals surface area contributed by atoms with Gasteiger partial charge in [0.1, 0.15) is 10.6 Å². The molecule has 0 atom stereocenters. The molecule has 5 aliphatic rings. The molecule has 1 N–H and O–H groups in total. The van der Waals surface area contributed by atoms with Crippen molar-refractivity contribution < 1.29 is 17.9 Å². The number of methoxy groups -OCH3 is 1. The van der Waals surface area contributed by atoms with Gasteiger partial charge in [-0.05, 0) is 99.8 Å². The van der Waals surface area contributed by atoms with Crippen LogP contribution in [-0.2, 0) is 14.8 Å². The van der Waals surface area contributed by atoms with Gasteiger partial charge >= 0.3 is 0 Å². The highest BCUT2D eigenvalue weighted by Crippen LogP contribution is 2.60. The van der Waals surface area contributed by atoms with Crippen molar-refractivity contribution in [3.63, 3.8) is 0 Å². The first kappa shape index (κ1) is 24.1. The molecule has 8 heteroatoms. The van der Waals surface area contributed by atoms with E-state index in [1.807, 2.05) is 7.05 Å². The standard InChI is InChI=1S/C26H39N3O4S/c1-28(18-26-14-19-10-20(15-26)12-21(11-19)16-26)17-25(30)27-22-6-7-23(33-2)24(13-22)34(31,32)29-8-4-3-5-9-29/h6-7,13,19-21H,3-5,8-12,14-18H2,1-2H3,(H,27,30). The molecule has 0 radical (unpaired) electrons. The van der Waals surface area contributed by atoms with E-state index in [0.29, 0.717) is 36.5 Å². The van der Waals surface area contributed by atoms with E-state index in [1.165, 1.54) is 49.9 Å². The van der Waals surface area contributed by atoms with Crippen LogP contribution in [0.15, 0.2) is 23.1 Å². The third kappa shape index (κ3) is 4.86. The fourth-order valence-corrected chi connectivity index (χ4v) is 9.46. The Kier molecular flexibility index (Phi) is 6.68. The first-order chi connectivity index (χ1) is 16.3. The van der Waals surface area contributed by atoms with Crippen molar-refractivity contribution in [3.05, 3.63) is 18.2 Å². The summed E-state index contributed by atoms with van der Waals surface area (Å²) in [6.45, 7) is 2.33. The summed E-state index contributed by atoms with van der Waals surface area (Å²) in [5, 5.41) is 2.93. The number of nitrogens with one attached hydrogen (secondary N) is 1. The maximum Gasteiger partial charge on any atom is 0.246 e. The van der Waals surface area contributed by atoms with Crippen LogP contribution in [0, 0.1) is 23.2 Å². The minimum Gasteiger partial charge on any atom is -0.495 e. The smallest absolute Gasteiger partial charge is 0.246 e. The summed E-state index contributed by atoms with van der Waals surface area (Å²) in [6.07, 6.45) is 11.0. The summed E-state index contributed by atoms with van der Waals surface area (Å²) in [4.78, 5) is 15.2. The molecule has 4 aliphatic carbocycles.